The number of fused-ring (bicyclic) bond motifs is 6. The van der Waals surface area contributed by atoms with Crippen molar-refractivity contribution in [1.29, 1.82) is 0 Å². The molecule has 1 heterocycles. The Labute approximate surface area is 216 Å². The lowest BCUT2D eigenvalue weighted by molar-refractivity contribution is 0.425. The zero-order chi connectivity index (χ0) is 25.3. The van der Waals surface area contributed by atoms with Gasteiger partial charge in [0.05, 0.1) is 11.0 Å². The van der Waals surface area contributed by atoms with Gasteiger partial charge in [0, 0.05) is 21.9 Å². The number of aromatic nitrogens is 1. The van der Waals surface area contributed by atoms with Gasteiger partial charge in [0.25, 0.3) is 0 Å². The lowest BCUT2D eigenvalue weighted by atomic mass is 9.75. The van der Waals surface area contributed by atoms with Crippen molar-refractivity contribution in [3.63, 3.8) is 0 Å². The molecule has 7 rings (SSSR count). The van der Waals surface area contributed by atoms with Gasteiger partial charge in [-0.3, -0.25) is 0 Å². The van der Waals surface area contributed by atoms with E-state index in [2.05, 4.69) is 103 Å². The molecule has 0 fully saturated rings. The van der Waals surface area contributed by atoms with Crippen LogP contribution in [0, 0.1) is 0 Å². The van der Waals surface area contributed by atoms with Gasteiger partial charge in [0.15, 0.2) is 0 Å². The van der Waals surface area contributed by atoms with Crippen LogP contribution in [-0.4, -0.2) is 21.7 Å². The SMILES string of the molecule is CC1(C)c2cc(B(O)O)ccc2-c2ccc(-n3c4ccccc4c4cc(-c5ccccc5)ccc43)cc21. The van der Waals surface area contributed by atoms with Crippen LogP contribution in [0.3, 0.4) is 0 Å². The van der Waals surface area contributed by atoms with Crippen LogP contribution in [0.15, 0.2) is 109 Å². The molecule has 3 nitrogen and oxygen atoms in total. The molecular formula is C33H26BNO2. The summed E-state index contributed by atoms with van der Waals surface area (Å²) >= 11 is 0. The maximum Gasteiger partial charge on any atom is 0.488 e. The number of para-hydroxylation sites is 1. The molecule has 2 N–H and O–H groups in total. The summed E-state index contributed by atoms with van der Waals surface area (Å²) in [5.74, 6) is 0. The van der Waals surface area contributed by atoms with Crippen molar-refractivity contribution < 1.29 is 10.0 Å². The molecule has 0 saturated heterocycles. The number of nitrogens with zero attached hydrogens (tertiary/aromatic N) is 1. The van der Waals surface area contributed by atoms with E-state index in [4.69, 9.17) is 0 Å². The minimum absolute atomic E-state index is 0.259. The van der Waals surface area contributed by atoms with Gasteiger partial charge < -0.3 is 14.6 Å². The monoisotopic (exact) mass is 479 g/mol. The molecule has 1 aliphatic rings. The molecule has 0 atom stereocenters. The predicted octanol–water partition coefficient (Wildman–Crippen LogP) is 6.44. The first kappa shape index (κ1) is 22.1. The summed E-state index contributed by atoms with van der Waals surface area (Å²) in [6, 6.07) is 38.4. The Hall–Kier alpha value is -4.12. The van der Waals surface area contributed by atoms with E-state index < -0.39 is 7.12 Å². The fraction of sp³-hybridized carbons (Fsp3) is 0.0909. The second-order valence-corrected chi connectivity index (χ2v) is 10.5. The van der Waals surface area contributed by atoms with Gasteiger partial charge in [-0.1, -0.05) is 92.7 Å². The Morgan fingerprint density at radius 1 is 0.595 bits per heavy atom. The highest BCUT2D eigenvalue weighted by atomic mass is 16.4. The number of hydrogen-bond acceptors (Lipinski definition) is 2. The third-order valence-electron chi connectivity index (χ3n) is 8.02. The number of rotatable bonds is 3. The highest BCUT2D eigenvalue weighted by Crippen LogP contribution is 2.49. The first-order valence-corrected chi connectivity index (χ1v) is 12.7. The van der Waals surface area contributed by atoms with E-state index in [1.165, 1.54) is 44.1 Å². The largest absolute Gasteiger partial charge is 0.488 e. The molecule has 178 valence electrons. The maximum atomic E-state index is 9.76. The normalized spacial score (nSPS) is 13.6. The van der Waals surface area contributed by atoms with Crippen molar-refractivity contribution in [2.75, 3.05) is 0 Å². The molecule has 0 saturated carbocycles. The first-order valence-electron chi connectivity index (χ1n) is 12.7. The Kier molecular flexibility index (Phi) is 4.75. The standard InChI is InChI=1S/C33H26BNO2/c1-33(2)29-19-23(34(36)37)13-15-25(29)26-16-14-24(20-30(26)33)35-31-11-7-6-10-27(31)28-18-22(12-17-32(28)35)21-8-4-3-5-9-21/h3-20,36-37H,1-2H3. The molecule has 4 heteroatoms. The molecule has 0 bridgehead atoms. The van der Waals surface area contributed by atoms with E-state index >= 15 is 0 Å². The van der Waals surface area contributed by atoms with Gasteiger partial charge in [0.2, 0.25) is 0 Å². The Morgan fingerprint density at radius 2 is 1.27 bits per heavy atom. The van der Waals surface area contributed by atoms with E-state index in [0.29, 0.717) is 5.46 Å². The van der Waals surface area contributed by atoms with Crippen LogP contribution in [0.2, 0.25) is 0 Å². The van der Waals surface area contributed by atoms with Gasteiger partial charge in [0.1, 0.15) is 0 Å². The first-order chi connectivity index (χ1) is 17.9. The van der Waals surface area contributed by atoms with Gasteiger partial charge >= 0.3 is 7.12 Å². The minimum atomic E-state index is -1.47. The summed E-state index contributed by atoms with van der Waals surface area (Å²) in [5, 5.41) is 22.0. The summed E-state index contributed by atoms with van der Waals surface area (Å²) in [6.45, 7) is 4.43. The van der Waals surface area contributed by atoms with Gasteiger partial charge in [-0.05, 0) is 69.2 Å². The molecule has 0 spiro atoms. The molecule has 0 aliphatic heterocycles. The fourth-order valence-electron chi connectivity index (χ4n) is 6.10. The molecule has 0 unspecified atom stereocenters. The van der Waals surface area contributed by atoms with E-state index in [9.17, 15) is 10.0 Å². The Balaban J connectivity index is 1.44. The van der Waals surface area contributed by atoms with Crippen LogP contribution in [-0.2, 0) is 5.41 Å². The van der Waals surface area contributed by atoms with Crippen molar-refractivity contribution in [3.8, 4) is 27.9 Å². The minimum Gasteiger partial charge on any atom is -0.423 e. The molecule has 1 aromatic heterocycles. The van der Waals surface area contributed by atoms with Crippen LogP contribution in [0.5, 0.6) is 0 Å². The second kappa shape index (κ2) is 7.94. The van der Waals surface area contributed by atoms with Gasteiger partial charge in [-0.25, -0.2) is 0 Å². The van der Waals surface area contributed by atoms with Crippen molar-refractivity contribution in [1.82, 2.24) is 4.57 Å². The average molecular weight is 479 g/mol. The summed E-state index contributed by atoms with van der Waals surface area (Å²) in [7, 11) is -1.47. The summed E-state index contributed by atoms with van der Waals surface area (Å²) in [4.78, 5) is 0. The van der Waals surface area contributed by atoms with Crippen LogP contribution in [0.1, 0.15) is 25.0 Å². The summed E-state index contributed by atoms with van der Waals surface area (Å²) in [5.41, 5.74) is 10.9. The summed E-state index contributed by atoms with van der Waals surface area (Å²) < 4.78 is 2.36. The van der Waals surface area contributed by atoms with Crippen LogP contribution >= 0.6 is 0 Å². The molecule has 0 radical (unpaired) electrons. The Morgan fingerprint density at radius 3 is 2.05 bits per heavy atom. The van der Waals surface area contributed by atoms with Crippen molar-refractivity contribution >= 4 is 34.4 Å². The lowest BCUT2D eigenvalue weighted by Gasteiger charge is -2.23. The van der Waals surface area contributed by atoms with Gasteiger partial charge in [-0.15, -0.1) is 0 Å². The third kappa shape index (κ3) is 3.23. The predicted molar refractivity (Wildman–Crippen MR) is 154 cm³/mol. The molecular weight excluding hydrogens is 453 g/mol. The van der Waals surface area contributed by atoms with E-state index in [1.807, 2.05) is 18.2 Å². The van der Waals surface area contributed by atoms with E-state index in [1.54, 1.807) is 6.07 Å². The van der Waals surface area contributed by atoms with Crippen LogP contribution < -0.4 is 5.46 Å². The molecule has 0 amide bonds. The highest BCUT2D eigenvalue weighted by Gasteiger charge is 2.36. The molecule has 6 aromatic rings. The van der Waals surface area contributed by atoms with E-state index in [-0.39, 0.29) is 5.41 Å². The lowest BCUT2D eigenvalue weighted by Crippen LogP contribution is -2.31. The number of benzene rings is 5. The highest BCUT2D eigenvalue weighted by molar-refractivity contribution is 6.58. The Bertz CT molecular complexity index is 1830. The van der Waals surface area contributed by atoms with Crippen molar-refractivity contribution in [2.24, 2.45) is 0 Å². The topological polar surface area (TPSA) is 45.4 Å². The fourth-order valence-corrected chi connectivity index (χ4v) is 6.10. The van der Waals surface area contributed by atoms with Crippen molar-refractivity contribution in [3.05, 3.63) is 120 Å². The number of hydrogen-bond donors (Lipinski definition) is 2. The molecule has 1 aliphatic carbocycles. The molecule has 37 heavy (non-hydrogen) atoms. The smallest absolute Gasteiger partial charge is 0.423 e. The zero-order valence-electron chi connectivity index (χ0n) is 20.8. The summed E-state index contributed by atoms with van der Waals surface area (Å²) in [6.07, 6.45) is 0. The second-order valence-electron chi connectivity index (χ2n) is 10.5. The van der Waals surface area contributed by atoms with Crippen molar-refractivity contribution in [2.45, 2.75) is 19.3 Å². The quantitative estimate of drug-likeness (QED) is 0.287. The third-order valence-corrected chi connectivity index (χ3v) is 8.02. The van der Waals surface area contributed by atoms with Crippen LogP contribution in [0.25, 0.3) is 49.7 Å². The van der Waals surface area contributed by atoms with Gasteiger partial charge in [-0.2, -0.15) is 0 Å². The maximum absolute atomic E-state index is 9.76. The van der Waals surface area contributed by atoms with Crippen LogP contribution in [0.4, 0.5) is 0 Å². The average Bonchev–Trinajstić information content (AvgIpc) is 3.37. The zero-order valence-corrected chi connectivity index (χ0v) is 20.8. The van der Waals surface area contributed by atoms with E-state index in [0.717, 1.165) is 16.8 Å². The molecule has 5 aromatic carbocycles.